The molecule has 0 aromatic rings. The quantitative estimate of drug-likeness (QED) is 0.525. The molecule has 1 rings (SSSR count). The minimum atomic E-state index is 0.856. The van der Waals surface area contributed by atoms with Gasteiger partial charge in [0.25, 0.3) is 0 Å². The van der Waals surface area contributed by atoms with E-state index < -0.39 is 0 Å². The molecule has 0 bridgehead atoms. The summed E-state index contributed by atoms with van der Waals surface area (Å²) in [5.74, 6) is 0. The van der Waals surface area contributed by atoms with Gasteiger partial charge in [-0.15, -0.1) is 0 Å². The molecule has 2 atom stereocenters. The molecule has 0 saturated carbocycles. The Morgan fingerprint density at radius 3 is 2.22 bits per heavy atom. The monoisotopic (exact) mass is 239 g/mol. The Hall–Kier alpha value is 0.690. The second-order valence-electron chi connectivity index (χ2n) is 2.86. The lowest BCUT2D eigenvalue weighted by Gasteiger charge is -2.45. The van der Waals surface area contributed by atoms with Crippen molar-refractivity contribution in [2.45, 2.75) is 32.4 Å². The summed E-state index contributed by atoms with van der Waals surface area (Å²) in [5, 5.41) is 0. The predicted molar refractivity (Wildman–Crippen MR) is 49.1 cm³/mol. The fourth-order valence-corrected chi connectivity index (χ4v) is 2.16. The zero-order chi connectivity index (χ0) is 6.85. The van der Waals surface area contributed by atoms with E-state index in [1.165, 1.54) is 17.4 Å². The van der Waals surface area contributed by atoms with Gasteiger partial charge in [0.1, 0.15) is 0 Å². The smallest absolute Gasteiger partial charge is 0.0124 e. The highest BCUT2D eigenvalue weighted by Gasteiger charge is 2.30. The standard InChI is InChI=1S/C7H14IN/c1-6-5-7(2)9(6)4-3-8/h6-7H,3-5H2,1-2H3. The van der Waals surface area contributed by atoms with E-state index in [1.54, 1.807) is 0 Å². The summed E-state index contributed by atoms with van der Waals surface area (Å²) < 4.78 is 1.27. The lowest BCUT2D eigenvalue weighted by Crippen LogP contribution is -2.53. The molecule has 54 valence electrons. The minimum absolute atomic E-state index is 0.856. The number of hydrogen-bond donors (Lipinski definition) is 0. The zero-order valence-electron chi connectivity index (χ0n) is 6.10. The summed E-state index contributed by atoms with van der Waals surface area (Å²) in [4.78, 5) is 2.56. The van der Waals surface area contributed by atoms with Gasteiger partial charge in [-0.25, -0.2) is 0 Å². The number of alkyl halides is 1. The minimum Gasteiger partial charge on any atom is -0.297 e. The van der Waals surface area contributed by atoms with Gasteiger partial charge >= 0.3 is 0 Å². The van der Waals surface area contributed by atoms with Crippen molar-refractivity contribution in [3.8, 4) is 0 Å². The normalized spacial score (nSPS) is 36.3. The maximum Gasteiger partial charge on any atom is 0.0124 e. The third kappa shape index (κ3) is 1.58. The lowest BCUT2D eigenvalue weighted by molar-refractivity contribution is 0.0463. The summed E-state index contributed by atoms with van der Waals surface area (Å²) in [6.07, 6.45) is 1.40. The van der Waals surface area contributed by atoms with Gasteiger partial charge in [-0.2, -0.15) is 0 Å². The van der Waals surface area contributed by atoms with Gasteiger partial charge in [0, 0.05) is 23.1 Å². The van der Waals surface area contributed by atoms with E-state index >= 15 is 0 Å². The second-order valence-corrected chi connectivity index (χ2v) is 3.94. The molecule has 0 aromatic heterocycles. The van der Waals surface area contributed by atoms with Crippen molar-refractivity contribution in [2.75, 3.05) is 11.0 Å². The Labute approximate surface area is 70.9 Å². The van der Waals surface area contributed by atoms with E-state index in [0.717, 1.165) is 12.1 Å². The van der Waals surface area contributed by atoms with E-state index in [-0.39, 0.29) is 0 Å². The number of halogens is 1. The van der Waals surface area contributed by atoms with Crippen molar-refractivity contribution in [1.82, 2.24) is 4.90 Å². The SMILES string of the molecule is CC1CC(C)N1CCI. The first kappa shape index (κ1) is 7.79. The van der Waals surface area contributed by atoms with Gasteiger partial charge in [0.05, 0.1) is 0 Å². The number of likely N-dealkylation sites (tertiary alicyclic amines) is 1. The summed E-state index contributed by atoms with van der Waals surface area (Å²) in [7, 11) is 0. The van der Waals surface area contributed by atoms with Gasteiger partial charge in [0.2, 0.25) is 0 Å². The summed E-state index contributed by atoms with van der Waals surface area (Å²) in [6, 6.07) is 1.71. The summed E-state index contributed by atoms with van der Waals surface area (Å²) in [5.41, 5.74) is 0. The van der Waals surface area contributed by atoms with E-state index in [0.29, 0.717) is 0 Å². The molecule has 9 heavy (non-hydrogen) atoms. The van der Waals surface area contributed by atoms with Crippen molar-refractivity contribution in [2.24, 2.45) is 0 Å². The van der Waals surface area contributed by atoms with Crippen LogP contribution in [0.1, 0.15) is 20.3 Å². The molecular formula is C7H14IN. The average molecular weight is 239 g/mol. The highest BCUT2D eigenvalue weighted by atomic mass is 127. The zero-order valence-corrected chi connectivity index (χ0v) is 8.26. The fraction of sp³-hybridized carbons (Fsp3) is 1.00. The van der Waals surface area contributed by atoms with Crippen LogP contribution in [0.25, 0.3) is 0 Å². The highest BCUT2D eigenvalue weighted by molar-refractivity contribution is 14.1. The Bertz CT molecular complexity index is 86.9. The molecular weight excluding hydrogens is 225 g/mol. The molecule has 2 unspecified atom stereocenters. The molecule has 1 fully saturated rings. The molecule has 0 radical (unpaired) electrons. The van der Waals surface area contributed by atoms with Crippen LogP contribution in [0.15, 0.2) is 0 Å². The Morgan fingerprint density at radius 1 is 1.44 bits per heavy atom. The molecule has 0 aliphatic carbocycles. The molecule has 0 aromatic carbocycles. The van der Waals surface area contributed by atoms with Crippen LogP contribution in [0.2, 0.25) is 0 Å². The van der Waals surface area contributed by atoms with E-state index in [1.807, 2.05) is 0 Å². The van der Waals surface area contributed by atoms with Crippen LogP contribution in [0.4, 0.5) is 0 Å². The van der Waals surface area contributed by atoms with E-state index in [9.17, 15) is 0 Å². The molecule has 0 amide bonds. The largest absolute Gasteiger partial charge is 0.297 e. The third-order valence-corrected chi connectivity index (χ3v) is 2.64. The Balaban J connectivity index is 2.22. The Kier molecular flexibility index (Phi) is 2.76. The molecule has 1 aliphatic rings. The molecule has 1 saturated heterocycles. The first-order valence-corrected chi connectivity index (χ1v) is 5.10. The van der Waals surface area contributed by atoms with Crippen molar-refractivity contribution in [3.63, 3.8) is 0 Å². The lowest BCUT2D eigenvalue weighted by atomic mass is 9.96. The van der Waals surface area contributed by atoms with Gasteiger partial charge in [0.15, 0.2) is 0 Å². The van der Waals surface area contributed by atoms with Crippen molar-refractivity contribution < 1.29 is 0 Å². The van der Waals surface area contributed by atoms with Crippen LogP contribution < -0.4 is 0 Å². The van der Waals surface area contributed by atoms with Gasteiger partial charge in [-0.05, 0) is 20.3 Å². The van der Waals surface area contributed by atoms with E-state index in [2.05, 4.69) is 41.3 Å². The van der Waals surface area contributed by atoms with Crippen LogP contribution >= 0.6 is 22.6 Å². The fourth-order valence-electron chi connectivity index (χ4n) is 1.60. The van der Waals surface area contributed by atoms with Gasteiger partial charge < -0.3 is 0 Å². The third-order valence-electron chi connectivity index (χ3n) is 2.16. The van der Waals surface area contributed by atoms with Crippen LogP contribution in [0.5, 0.6) is 0 Å². The maximum atomic E-state index is 2.56. The number of rotatable bonds is 2. The second kappa shape index (κ2) is 3.19. The van der Waals surface area contributed by atoms with Crippen LogP contribution in [-0.2, 0) is 0 Å². The van der Waals surface area contributed by atoms with Crippen molar-refractivity contribution >= 4 is 22.6 Å². The Morgan fingerprint density at radius 2 is 2.00 bits per heavy atom. The van der Waals surface area contributed by atoms with Crippen LogP contribution in [0.3, 0.4) is 0 Å². The molecule has 1 heterocycles. The van der Waals surface area contributed by atoms with Gasteiger partial charge in [-0.3, -0.25) is 4.90 Å². The molecule has 0 N–H and O–H groups in total. The van der Waals surface area contributed by atoms with Crippen LogP contribution in [-0.4, -0.2) is 28.0 Å². The molecule has 2 heteroatoms. The van der Waals surface area contributed by atoms with Crippen molar-refractivity contribution in [1.29, 1.82) is 0 Å². The van der Waals surface area contributed by atoms with E-state index in [4.69, 9.17) is 0 Å². The predicted octanol–water partition coefficient (Wildman–Crippen LogP) is 1.90. The average Bonchev–Trinajstić information content (AvgIpc) is 1.84. The topological polar surface area (TPSA) is 3.24 Å². The van der Waals surface area contributed by atoms with Crippen LogP contribution in [0, 0.1) is 0 Å². The highest BCUT2D eigenvalue weighted by Crippen LogP contribution is 2.23. The molecule has 0 spiro atoms. The maximum absolute atomic E-state index is 2.56. The summed E-state index contributed by atoms with van der Waals surface area (Å²) in [6.45, 7) is 5.90. The molecule has 1 nitrogen and oxygen atoms in total. The number of nitrogens with zero attached hydrogens (tertiary/aromatic N) is 1. The van der Waals surface area contributed by atoms with Crippen molar-refractivity contribution in [3.05, 3.63) is 0 Å². The molecule has 1 aliphatic heterocycles. The van der Waals surface area contributed by atoms with Gasteiger partial charge in [-0.1, -0.05) is 22.6 Å². The first-order valence-electron chi connectivity index (χ1n) is 3.57. The number of hydrogen-bond acceptors (Lipinski definition) is 1. The summed E-state index contributed by atoms with van der Waals surface area (Å²) >= 11 is 2.44. The first-order chi connectivity index (χ1) is 4.25.